The zero-order chi connectivity index (χ0) is 14.7. The molecule has 21 heavy (non-hydrogen) atoms. The van der Waals surface area contributed by atoms with Crippen LogP contribution in [0.3, 0.4) is 0 Å². The molecule has 1 aliphatic carbocycles. The van der Waals surface area contributed by atoms with Crippen molar-refractivity contribution in [2.75, 3.05) is 0 Å². The number of benzene rings is 1. The van der Waals surface area contributed by atoms with Crippen molar-refractivity contribution in [2.45, 2.75) is 41.7 Å². The van der Waals surface area contributed by atoms with Gasteiger partial charge in [-0.25, -0.2) is 4.98 Å². The van der Waals surface area contributed by atoms with Crippen LogP contribution < -0.4 is 0 Å². The van der Waals surface area contributed by atoms with Crippen molar-refractivity contribution in [3.8, 4) is 6.07 Å². The highest BCUT2D eigenvalue weighted by molar-refractivity contribution is 8.01. The van der Waals surface area contributed by atoms with Gasteiger partial charge in [0.1, 0.15) is 4.34 Å². The van der Waals surface area contributed by atoms with E-state index in [2.05, 4.69) is 46.8 Å². The lowest BCUT2D eigenvalue weighted by atomic mass is 9.79. The SMILES string of the molecule is Cc1csc(SC2CC(c3ccccc3)CCC2C#N)n1. The molecule has 0 bridgehead atoms. The summed E-state index contributed by atoms with van der Waals surface area (Å²) >= 11 is 3.50. The molecule has 0 spiro atoms. The van der Waals surface area contributed by atoms with Crippen LogP contribution in [-0.2, 0) is 0 Å². The van der Waals surface area contributed by atoms with Crippen LogP contribution in [-0.4, -0.2) is 10.2 Å². The van der Waals surface area contributed by atoms with Gasteiger partial charge in [-0.1, -0.05) is 42.1 Å². The van der Waals surface area contributed by atoms with Gasteiger partial charge in [0.25, 0.3) is 0 Å². The molecule has 1 saturated carbocycles. The van der Waals surface area contributed by atoms with Crippen molar-refractivity contribution >= 4 is 23.1 Å². The molecule has 0 amide bonds. The van der Waals surface area contributed by atoms with Crippen LogP contribution in [0.1, 0.15) is 36.4 Å². The summed E-state index contributed by atoms with van der Waals surface area (Å²) < 4.78 is 1.10. The predicted octanol–water partition coefficient (Wildman–Crippen LogP) is 5.02. The molecular formula is C17H18N2S2. The number of hydrogen-bond acceptors (Lipinski definition) is 4. The average molecular weight is 314 g/mol. The molecule has 2 aromatic rings. The Balaban J connectivity index is 1.74. The van der Waals surface area contributed by atoms with Crippen LogP contribution in [0.25, 0.3) is 0 Å². The van der Waals surface area contributed by atoms with E-state index in [-0.39, 0.29) is 5.92 Å². The maximum absolute atomic E-state index is 9.42. The van der Waals surface area contributed by atoms with Gasteiger partial charge in [-0.05, 0) is 37.7 Å². The van der Waals surface area contributed by atoms with E-state index >= 15 is 0 Å². The van der Waals surface area contributed by atoms with Crippen molar-refractivity contribution in [3.63, 3.8) is 0 Å². The summed E-state index contributed by atoms with van der Waals surface area (Å²) in [5.41, 5.74) is 2.49. The molecule has 4 heteroatoms. The second kappa shape index (κ2) is 6.64. The van der Waals surface area contributed by atoms with Crippen LogP contribution in [0, 0.1) is 24.2 Å². The van der Waals surface area contributed by atoms with Crippen LogP contribution in [0.15, 0.2) is 40.1 Å². The fourth-order valence-electron chi connectivity index (χ4n) is 2.95. The largest absolute Gasteiger partial charge is 0.235 e. The van der Waals surface area contributed by atoms with E-state index in [1.54, 1.807) is 23.1 Å². The smallest absolute Gasteiger partial charge is 0.150 e. The molecule has 1 aromatic carbocycles. The van der Waals surface area contributed by atoms with Gasteiger partial charge in [0.15, 0.2) is 0 Å². The molecular weight excluding hydrogens is 296 g/mol. The van der Waals surface area contributed by atoms with Crippen LogP contribution in [0.2, 0.25) is 0 Å². The summed E-state index contributed by atoms with van der Waals surface area (Å²) in [5.74, 6) is 0.730. The first-order valence-electron chi connectivity index (χ1n) is 7.29. The predicted molar refractivity (Wildman–Crippen MR) is 88.6 cm³/mol. The third-order valence-corrected chi connectivity index (χ3v) is 6.52. The van der Waals surface area contributed by atoms with Crippen LogP contribution in [0.4, 0.5) is 0 Å². The quantitative estimate of drug-likeness (QED) is 0.798. The first-order valence-corrected chi connectivity index (χ1v) is 9.05. The third kappa shape index (κ3) is 3.48. The molecule has 0 saturated heterocycles. The standard InChI is InChI=1S/C17H18N2S2/c1-12-11-20-17(19-12)21-16-9-14(7-8-15(16)10-18)13-5-3-2-4-6-13/h2-6,11,14-16H,7-9H2,1H3. The summed E-state index contributed by atoms with van der Waals surface area (Å²) in [6.07, 6.45) is 3.19. The minimum Gasteiger partial charge on any atom is -0.235 e. The monoisotopic (exact) mass is 314 g/mol. The Hall–Kier alpha value is -1.31. The van der Waals surface area contributed by atoms with Crippen molar-refractivity contribution < 1.29 is 0 Å². The highest BCUT2D eigenvalue weighted by Gasteiger charge is 2.32. The van der Waals surface area contributed by atoms with E-state index in [0.717, 1.165) is 29.3 Å². The van der Waals surface area contributed by atoms with E-state index in [1.807, 2.05) is 6.92 Å². The second-order valence-electron chi connectivity index (χ2n) is 5.57. The number of aryl methyl sites for hydroxylation is 1. The van der Waals surface area contributed by atoms with Crippen molar-refractivity contribution in [1.82, 2.24) is 4.98 Å². The van der Waals surface area contributed by atoms with Gasteiger partial charge >= 0.3 is 0 Å². The van der Waals surface area contributed by atoms with E-state index in [1.165, 1.54) is 5.56 Å². The van der Waals surface area contributed by atoms with Crippen molar-refractivity contribution in [3.05, 3.63) is 47.0 Å². The number of nitriles is 1. The molecule has 2 nitrogen and oxygen atoms in total. The minimum atomic E-state index is 0.152. The Bertz CT molecular complexity index is 630. The molecule has 0 N–H and O–H groups in total. The third-order valence-electron chi connectivity index (χ3n) is 4.08. The summed E-state index contributed by atoms with van der Waals surface area (Å²) in [5, 5.41) is 11.9. The summed E-state index contributed by atoms with van der Waals surface area (Å²) in [7, 11) is 0. The molecule has 108 valence electrons. The Morgan fingerprint density at radius 3 is 2.76 bits per heavy atom. The van der Waals surface area contributed by atoms with Crippen molar-refractivity contribution in [1.29, 1.82) is 5.26 Å². The Kier molecular flexibility index (Phi) is 4.62. The minimum absolute atomic E-state index is 0.152. The first-order chi connectivity index (χ1) is 10.3. The number of hydrogen-bond donors (Lipinski definition) is 0. The molecule has 1 aliphatic rings. The maximum atomic E-state index is 9.42. The molecule has 0 aliphatic heterocycles. The lowest BCUT2D eigenvalue weighted by Gasteiger charge is -2.32. The highest BCUT2D eigenvalue weighted by Crippen LogP contribution is 2.43. The van der Waals surface area contributed by atoms with E-state index in [4.69, 9.17) is 0 Å². The van der Waals surface area contributed by atoms with Gasteiger partial charge in [-0.15, -0.1) is 11.3 Å². The fourth-order valence-corrected chi connectivity index (χ4v) is 5.35. The molecule has 3 rings (SSSR count). The van der Waals surface area contributed by atoms with E-state index in [9.17, 15) is 5.26 Å². The average Bonchev–Trinajstić information content (AvgIpc) is 2.93. The lowest BCUT2D eigenvalue weighted by molar-refractivity contribution is 0.393. The fraction of sp³-hybridized carbons (Fsp3) is 0.412. The van der Waals surface area contributed by atoms with Gasteiger partial charge in [0, 0.05) is 16.3 Å². The Labute approximate surface area is 134 Å². The van der Waals surface area contributed by atoms with Gasteiger partial charge < -0.3 is 0 Å². The van der Waals surface area contributed by atoms with Crippen LogP contribution >= 0.6 is 23.1 Å². The molecule has 3 unspecified atom stereocenters. The topological polar surface area (TPSA) is 36.7 Å². The number of nitrogens with zero attached hydrogens (tertiary/aromatic N) is 2. The van der Waals surface area contributed by atoms with E-state index < -0.39 is 0 Å². The Morgan fingerprint density at radius 1 is 1.29 bits per heavy atom. The number of thiazole rings is 1. The van der Waals surface area contributed by atoms with Crippen molar-refractivity contribution in [2.24, 2.45) is 5.92 Å². The zero-order valence-corrected chi connectivity index (χ0v) is 13.7. The lowest BCUT2D eigenvalue weighted by Crippen LogP contribution is -2.25. The van der Waals surface area contributed by atoms with Gasteiger partial charge in [-0.2, -0.15) is 5.26 Å². The maximum Gasteiger partial charge on any atom is 0.150 e. The summed E-state index contributed by atoms with van der Waals surface area (Å²) in [6, 6.07) is 13.2. The number of aromatic nitrogens is 1. The Morgan fingerprint density at radius 2 is 2.10 bits per heavy atom. The van der Waals surface area contributed by atoms with Gasteiger partial charge in [0.05, 0.1) is 12.0 Å². The molecule has 0 radical (unpaired) electrons. The van der Waals surface area contributed by atoms with Gasteiger partial charge in [-0.3, -0.25) is 0 Å². The molecule has 1 aromatic heterocycles. The first kappa shape index (κ1) is 14.6. The number of thioether (sulfide) groups is 1. The van der Waals surface area contributed by atoms with Gasteiger partial charge in [0.2, 0.25) is 0 Å². The highest BCUT2D eigenvalue weighted by atomic mass is 32.2. The van der Waals surface area contributed by atoms with E-state index in [0.29, 0.717) is 11.2 Å². The zero-order valence-electron chi connectivity index (χ0n) is 12.0. The normalized spacial score (nSPS) is 25.4. The molecule has 1 fully saturated rings. The second-order valence-corrected chi connectivity index (χ2v) is 7.91. The summed E-state index contributed by atoms with van der Waals surface area (Å²) in [6.45, 7) is 2.02. The van der Waals surface area contributed by atoms with Crippen LogP contribution in [0.5, 0.6) is 0 Å². The molecule has 3 atom stereocenters. The molecule has 1 heterocycles. The summed E-state index contributed by atoms with van der Waals surface area (Å²) in [4.78, 5) is 4.54. The number of rotatable bonds is 3.